The van der Waals surface area contributed by atoms with E-state index in [0.29, 0.717) is 18.1 Å². The molecule has 3 atom stereocenters. The minimum Gasteiger partial charge on any atom is -0.490 e. The maximum absolute atomic E-state index is 5.80. The molecule has 0 radical (unpaired) electrons. The van der Waals surface area contributed by atoms with Crippen molar-refractivity contribution in [3.63, 3.8) is 0 Å². The summed E-state index contributed by atoms with van der Waals surface area (Å²) in [6.45, 7) is 5.52. The summed E-state index contributed by atoms with van der Waals surface area (Å²) in [5.41, 5.74) is 3.58. The largest absolute Gasteiger partial charge is 0.490 e. The highest BCUT2D eigenvalue weighted by Gasteiger charge is 2.51. The molecule has 21 heavy (non-hydrogen) atoms. The van der Waals surface area contributed by atoms with Gasteiger partial charge in [0.05, 0.1) is 0 Å². The summed E-state index contributed by atoms with van der Waals surface area (Å²) in [7, 11) is 0. The predicted octanol–water partition coefficient (Wildman–Crippen LogP) is 3.60. The summed E-state index contributed by atoms with van der Waals surface area (Å²) < 4.78 is 5.80. The van der Waals surface area contributed by atoms with Crippen LogP contribution in [-0.2, 0) is 11.8 Å². The van der Waals surface area contributed by atoms with E-state index in [0.717, 1.165) is 11.7 Å². The van der Waals surface area contributed by atoms with E-state index < -0.39 is 0 Å². The number of nitrogens with one attached hydrogen (secondary N) is 1. The number of benzene rings is 1. The van der Waals surface area contributed by atoms with Gasteiger partial charge in [0.2, 0.25) is 0 Å². The van der Waals surface area contributed by atoms with Crippen LogP contribution < -0.4 is 10.1 Å². The van der Waals surface area contributed by atoms with Crippen molar-refractivity contribution in [3.05, 3.63) is 42.0 Å². The average Bonchev–Trinajstić information content (AvgIpc) is 2.53. The normalized spacial score (nSPS) is 33.7. The van der Waals surface area contributed by atoms with E-state index in [4.69, 9.17) is 4.74 Å². The van der Waals surface area contributed by atoms with E-state index in [1.54, 1.807) is 11.1 Å². The first kappa shape index (κ1) is 13.4. The first-order valence-corrected chi connectivity index (χ1v) is 8.44. The second-order valence-corrected chi connectivity index (χ2v) is 6.94. The van der Waals surface area contributed by atoms with Crippen molar-refractivity contribution >= 4 is 0 Å². The Labute approximate surface area is 127 Å². The molecule has 2 heteroatoms. The minimum atomic E-state index is 0.426. The molecule has 1 aliphatic heterocycles. The van der Waals surface area contributed by atoms with Crippen LogP contribution in [0.4, 0.5) is 0 Å². The molecular weight excluding hydrogens is 258 g/mol. The molecule has 2 aliphatic carbocycles. The van der Waals surface area contributed by atoms with Gasteiger partial charge in [0.15, 0.2) is 0 Å². The van der Waals surface area contributed by atoms with Gasteiger partial charge in [0.25, 0.3) is 0 Å². The first-order valence-electron chi connectivity index (χ1n) is 8.44. The molecule has 2 nitrogen and oxygen atoms in total. The van der Waals surface area contributed by atoms with Crippen molar-refractivity contribution < 1.29 is 4.74 Å². The Morgan fingerprint density at radius 2 is 2.29 bits per heavy atom. The number of piperidine rings is 1. The Kier molecular flexibility index (Phi) is 3.30. The fraction of sp³-hybridized carbons (Fsp3) is 0.579. The van der Waals surface area contributed by atoms with Crippen molar-refractivity contribution in [2.75, 3.05) is 13.2 Å². The SMILES string of the molecule is C=CCOc1ccc2c(c1)[C@]13CCCC[C@@H]1[C@H](C2)NCC3. The van der Waals surface area contributed by atoms with Crippen LogP contribution in [0.25, 0.3) is 0 Å². The number of fused-ring (bicyclic) bond motifs is 1. The molecule has 1 saturated carbocycles. The van der Waals surface area contributed by atoms with Crippen LogP contribution in [0.5, 0.6) is 5.75 Å². The molecule has 1 heterocycles. The molecule has 1 aromatic rings. The molecule has 2 fully saturated rings. The van der Waals surface area contributed by atoms with Crippen LogP contribution in [0.3, 0.4) is 0 Å². The summed E-state index contributed by atoms with van der Waals surface area (Å²) in [5.74, 6) is 1.85. The maximum Gasteiger partial charge on any atom is 0.120 e. The third-order valence-corrected chi connectivity index (χ3v) is 5.99. The van der Waals surface area contributed by atoms with E-state index in [2.05, 4.69) is 30.1 Å². The van der Waals surface area contributed by atoms with Gasteiger partial charge in [-0.25, -0.2) is 0 Å². The topological polar surface area (TPSA) is 21.3 Å². The molecule has 1 N–H and O–H groups in total. The van der Waals surface area contributed by atoms with Crippen LogP contribution in [0.1, 0.15) is 43.2 Å². The van der Waals surface area contributed by atoms with Gasteiger partial charge >= 0.3 is 0 Å². The highest BCUT2D eigenvalue weighted by Crippen LogP contribution is 2.54. The van der Waals surface area contributed by atoms with E-state index in [-0.39, 0.29) is 0 Å². The molecule has 4 rings (SSSR count). The average molecular weight is 283 g/mol. The number of ether oxygens (including phenoxy) is 1. The third-order valence-electron chi connectivity index (χ3n) is 5.99. The lowest BCUT2D eigenvalue weighted by Gasteiger charge is -2.56. The molecule has 1 saturated heterocycles. The molecule has 1 aromatic carbocycles. The highest BCUT2D eigenvalue weighted by molar-refractivity contribution is 5.45. The molecule has 0 aromatic heterocycles. The monoisotopic (exact) mass is 283 g/mol. The summed E-state index contributed by atoms with van der Waals surface area (Å²) >= 11 is 0. The van der Waals surface area contributed by atoms with Gasteiger partial charge in [0, 0.05) is 11.5 Å². The molecule has 112 valence electrons. The number of hydrogen-bond donors (Lipinski definition) is 1. The molecule has 0 spiro atoms. The summed E-state index contributed by atoms with van der Waals surface area (Å²) in [6.07, 6.45) is 9.88. The quantitative estimate of drug-likeness (QED) is 0.856. The van der Waals surface area contributed by atoms with E-state index in [1.807, 2.05) is 6.08 Å². The third kappa shape index (κ3) is 2.03. The molecule has 3 aliphatic rings. The summed E-state index contributed by atoms with van der Waals surface area (Å²) in [4.78, 5) is 0. The smallest absolute Gasteiger partial charge is 0.120 e. The van der Waals surface area contributed by atoms with Gasteiger partial charge in [0.1, 0.15) is 12.4 Å². The van der Waals surface area contributed by atoms with Crippen molar-refractivity contribution in [1.82, 2.24) is 5.32 Å². The Hall–Kier alpha value is -1.28. The Morgan fingerprint density at radius 3 is 3.19 bits per heavy atom. The van der Waals surface area contributed by atoms with E-state index >= 15 is 0 Å². The van der Waals surface area contributed by atoms with Crippen molar-refractivity contribution in [3.8, 4) is 5.75 Å². The van der Waals surface area contributed by atoms with Crippen LogP contribution in [-0.4, -0.2) is 19.2 Å². The van der Waals surface area contributed by atoms with Gasteiger partial charge in [-0.1, -0.05) is 31.6 Å². The molecule has 0 amide bonds. The predicted molar refractivity (Wildman–Crippen MR) is 85.9 cm³/mol. The van der Waals surface area contributed by atoms with Crippen molar-refractivity contribution in [2.45, 2.75) is 50.0 Å². The van der Waals surface area contributed by atoms with Gasteiger partial charge < -0.3 is 10.1 Å². The van der Waals surface area contributed by atoms with Gasteiger partial charge in [-0.05, 0) is 61.4 Å². The van der Waals surface area contributed by atoms with Crippen LogP contribution in [0, 0.1) is 5.92 Å². The Morgan fingerprint density at radius 1 is 1.33 bits per heavy atom. The second-order valence-electron chi connectivity index (χ2n) is 6.94. The highest BCUT2D eigenvalue weighted by atomic mass is 16.5. The Balaban J connectivity index is 1.77. The van der Waals surface area contributed by atoms with Crippen LogP contribution in [0.2, 0.25) is 0 Å². The van der Waals surface area contributed by atoms with Crippen LogP contribution >= 0.6 is 0 Å². The lowest BCUT2D eigenvalue weighted by Crippen LogP contribution is -2.59. The van der Waals surface area contributed by atoms with Crippen molar-refractivity contribution in [2.24, 2.45) is 5.92 Å². The zero-order valence-corrected chi connectivity index (χ0v) is 12.7. The number of rotatable bonds is 3. The van der Waals surface area contributed by atoms with Crippen LogP contribution in [0.15, 0.2) is 30.9 Å². The molecule has 2 bridgehead atoms. The lowest BCUT2D eigenvalue weighted by atomic mass is 9.53. The van der Waals surface area contributed by atoms with E-state index in [9.17, 15) is 0 Å². The fourth-order valence-corrected chi connectivity index (χ4v) is 5.15. The molecule has 0 unspecified atom stereocenters. The lowest BCUT2D eigenvalue weighted by molar-refractivity contribution is 0.0795. The van der Waals surface area contributed by atoms with Gasteiger partial charge in [-0.15, -0.1) is 0 Å². The summed E-state index contributed by atoms with van der Waals surface area (Å²) in [6, 6.07) is 7.49. The summed E-state index contributed by atoms with van der Waals surface area (Å²) in [5, 5.41) is 3.79. The van der Waals surface area contributed by atoms with Gasteiger partial charge in [-0.2, -0.15) is 0 Å². The minimum absolute atomic E-state index is 0.426. The Bertz CT molecular complexity index is 548. The van der Waals surface area contributed by atoms with E-state index in [1.165, 1.54) is 45.1 Å². The zero-order chi connectivity index (χ0) is 14.3. The van der Waals surface area contributed by atoms with Gasteiger partial charge in [-0.3, -0.25) is 0 Å². The number of hydrogen-bond acceptors (Lipinski definition) is 2. The fourth-order valence-electron chi connectivity index (χ4n) is 5.15. The van der Waals surface area contributed by atoms with Crippen molar-refractivity contribution in [1.29, 1.82) is 0 Å². The standard InChI is InChI=1S/C19H25NO/c1-2-11-21-15-7-6-14-12-18-16-5-3-4-8-19(16,9-10-20-18)17(14)13-15/h2,6-7,13,16,18,20H,1,3-5,8-12H2/t16-,18+,19+/m1/s1. The molecular formula is C19H25NO. The zero-order valence-electron chi connectivity index (χ0n) is 12.7. The first-order chi connectivity index (χ1) is 10.3. The second kappa shape index (κ2) is 5.17. The maximum atomic E-state index is 5.80.